The topological polar surface area (TPSA) is 63.6 Å². The Morgan fingerprint density at radius 1 is 1.26 bits per heavy atom. The maximum atomic E-state index is 13.2. The van der Waals surface area contributed by atoms with Gasteiger partial charge in [0, 0.05) is 28.7 Å². The lowest BCUT2D eigenvalue weighted by Crippen LogP contribution is -2.15. The quantitative estimate of drug-likeness (QED) is 0.360. The Morgan fingerprint density at radius 2 is 2.07 bits per heavy atom. The number of thiophene rings is 1. The molecule has 1 atom stereocenters. The van der Waals surface area contributed by atoms with Crippen LogP contribution in [0.25, 0.3) is 21.6 Å². The van der Waals surface area contributed by atoms with E-state index in [1.165, 1.54) is 11.8 Å². The number of hydrogen-bond donors (Lipinski definition) is 1. The van der Waals surface area contributed by atoms with Crippen LogP contribution >= 0.6 is 23.1 Å². The summed E-state index contributed by atoms with van der Waals surface area (Å²) in [5, 5.41) is 12.2. The van der Waals surface area contributed by atoms with E-state index in [4.69, 9.17) is 0 Å². The average molecular weight is 397 g/mol. The maximum Gasteiger partial charge on any atom is 0.192 e. The fourth-order valence-electron chi connectivity index (χ4n) is 3.26. The summed E-state index contributed by atoms with van der Waals surface area (Å²) in [4.78, 5) is 17.6. The van der Waals surface area contributed by atoms with Gasteiger partial charge in [-0.05, 0) is 38.3 Å². The van der Waals surface area contributed by atoms with Crippen molar-refractivity contribution in [2.24, 2.45) is 0 Å². The second-order valence-corrected chi connectivity index (χ2v) is 8.58. The lowest BCUT2D eigenvalue weighted by Gasteiger charge is -2.11. The molecule has 3 heterocycles. The number of aromatic amines is 1. The van der Waals surface area contributed by atoms with E-state index in [0.717, 1.165) is 44.6 Å². The number of nitrogens with one attached hydrogen (secondary N) is 1. The molecule has 0 aliphatic carbocycles. The van der Waals surface area contributed by atoms with Gasteiger partial charge in [-0.25, -0.2) is 0 Å². The molecule has 0 fully saturated rings. The molecule has 4 aromatic rings. The summed E-state index contributed by atoms with van der Waals surface area (Å²) in [6.45, 7) is 6.72. The number of carbonyl (C=O) groups is 1. The van der Waals surface area contributed by atoms with Crippen LogP contribution in [0.4, 0.5) is 0 Å². The first kappa shape index (κ1) is 18.0. The SMILES string of the molecule is CCn1c(S[C@@H](C)C(=O)c2c(C)[nH]c3ccccc23)nnc1-c1cccs1. The highest BCUT2D eigenvalue weighted by atomic mass is 32.2. The molecule has 0 aliphatic heterocycles. The third-order valence-electron chi connectivity index (χ3n) is 4.57. The van der Waals surface area contributed by atoms with E-state index in [9.17, 15) is 4.79 Å². The number of para-hydroxylation sites is 1. The number of nitrogens with zero attached hydrogens (tertiary/aromatic N) is 3. The molecule has 0 bridgehead atoms. The Labute approximate surface area is 165 Å². The van der Waals surface area contributed by atoms with Crippen LogP contribution < -0.4 is 0 Å². The van der Waals surface area contributed by atoms with Gasteiger partial charge in [0.2, 0.25) is 0 Å². The molecule has 1 N–H and O–H groups in total. The smallest absolute Gasteiger partial charge is 0.192 e. The molecule has 0 unspecified atom stereocenters. The summed E-state index contributed by atoms with van der Waals surface area (Å²) in [7, 11) is 0. The Morgan fingerprint density at radius 3 is 2.81 bits per heavy atom. The lowest BCUT2D eigenvalue weighted by atomic mass is 10.1. The summed E-state index contributed by atoms with van der Waals surface area (Å²) >= 11 is 3.11. The summed E-state index contributed by atoms with van der Waals surface area (Å²) in [5.74, 6) is 0.969. The predicted octanol–water partition coefficient (Wildman–Crippen LogP) is 5.18. The van der Waals surface area contributed by atoms with E-state index in [2.05, 4.69) is 26.7 Å². The van der Waals surface area contributed by atoms with Crippen molar-refractivity contribution in [2.75, 3.05) is 0 Å². The molecule has 138 valence electrons. The minimum Gasteiger partial charge on any atom is -0.358 e. The third kappa shape index (κ3) is 3.21. The van der Waals surface area contributed by atoms with Gasteiger partial charge in [0.15, 0.2) is 16.8 Å². The van der Waals surface area contributed by atoms with Crippen LogP contribution in [0.3, 0.4) is 0 Å². The summed E-state index contributed by atoms with van der Waals surface area (Å²) < 4.78 is 2.07. The average Bonchev–Trinajstić information content (AvgIpc) is 3.38. The number of H-pyrrole nitrogens is 1. The summed E-state index contributed by atoms with van der Waals surface area (Å²) in [6.07, 6.45) is 0. The highest BCUT2D eigenvalue weighted by Crippen LogP contribution is 2.32. The Kier molecular flexibility index (Phi) is 4.88. The summed E-state index contributed by atoms with van der Waals surface area (Å²) in [5.41, 5.74) is 2.67. The Hall–Kier alpha value is -2.38. The lowest BCUT2D eigenvalue weighted by molar-refractivity contribution is 0.0995. The molecule has 4 rings (SSSR count). The van der Waals surface area contributed by atoms with Gasteiger partial charge < -0.3 is 9.55 Å². The van der Waals surface area contributed by atoms with Gasteiger partial charge in [-0.1, -0.05) is 36.0 Å². The first-order chi connectivity index (χ1) is 13.1. The van der Waals surface area contributed by atoms with Gasteiger partial charge in [-0.3, -0.25) is 4.79 Å². The summed E-state index contributed by atoms with van der Waals surface area (Å²) in [6, 6.07) is 12.0. The van der Waals surface area contributed by atoms with E-state index in [0.29, 0.717) is 0 Å². The Bertz CT molecular complexity index is 1090. The van der Waals surface area contributed by atoms with Gasteiger partial charge in [-0.15, -0.1) is 21.5 Å². The molecule has 0 aliphatic rings. The maximum absolute atomic E-state index is 13.2. The van der Waals surface area contributed by atoms with Crippen molar-refractivity contribution < 1.29 is 4.79 Å². The van der Waals surface area contributed by atoms with Crippen LogP contribution in [-0.2, 0) is 6.54 Å². The van der Waals surface area contributed by atoms with E-state index < -0.39 is 0 Å². The van der Waals surface area contributed by atoms with Crippen LogP contribution in [-0.4, -0.2) is 30.8 Å². The Balaban J connectivity index is 1.63. The number of Topliss-reactive ketones (excluding diaryl/α,β-unsaturated/α-hetero) is 1. The number of ketones is 1. The zero-order chi connectivity index (χ0) is 19.0. The molecule has 27 heavy (non-hydrogen) atoms. The number of benzene rings is 1. The van der Waals surface area contributed by atoms with Gasteiger partial charge >= 0.3 is 0 Å². The van der Waals surface area contributed by atoms with Crippen LogP contribution in [0.5, 0.6) is 0 Å². The van der Waals surface area contributed by atoms with E-state index in [1.807, 2.05) is 55.6 Å². The first-order valence-electron chi connectivity index (χ1n) is 8.85. The van der Waals surface area contributed by atoms with Crippen molar-refractivity contribution in [1.82, 2.24) is 19.7 Å². The molecule has 0 saturated carbocycles. The van der Waals surface area contributed by atoms with Crippen molar-refractivity contribution in [3.8, 4) is 10.7 Å². The first-order valence-corrected chi connectivity index (χ1v) is 10.6. The van der Waals surface area contributed by atoms with Crippen LogP contribution in [0.1, 0.15) is 29.9 Å². The molecule has 0 radical (unpaired) electrons. The second-order valence-electron chi connectivity index (χ2n) is 6.32. The predicted molar refractivity (Wildman–Crippen MR) is 112 cm³/mol. The van der Waals surface area contributed by atoms with Crippen LogP contribution in [0.2, 0.25) is 0 Å². The molecule has 0 saturated heterocycles. The van der Waals surface area contributed by atoms with Crippen molar-refractivity contribution in [2.45, 2.75) is 37.7 Å². The van der Waals surface area contributed by atoms with Crippen molar-refractivity contribution in [1.29, 1.82) is 0 Å². The highest BCUT2D eigenvalue weighted by Gasteiger charge is 2.25. The zero-order valence-electron chi connectivity index (χ0n) is 15.4. The van der Waals surface area contributed by atoms with Gasteiger partial charge in [0.1, 0.15) is 0 Å². The standard InChI is InChI=1S/C20H20N4OS2/c1-4-24-19(16-10-7-11-26-16)22-23-20(24)27-13(3)18(25)17-12(2)21-15-9-6-5-8-14(15)17/h5-11,13,21H,4H2,1-3H3/t13-/m0/s1. The van der Waals surface area contributed by atoms with Gasteiger partial charge in [-0.2, -0.15) is 0 Å². The van der Waals surface area contributed by atoms with Crippen molar-refractivity contribution in [3.05, 3.63) is 53.0 Å². The molecule has 0 spiro atoms. The van der Waals surface area contributed by atoms with Gasteiger partial charge in [0.05, 0.1) is 10.1 Å². The monoisotopic (exact) mass is 396 g/mol. The second kappa shape index (κ2) is 7.32. The fraction of sp³-hybridized carbons (Fsp3) is 0.250. The highest BCUT2D eigenvalue weighted by molar-refractivity contribution is 8.00. The molecule has 5 nitrogen and oxygen atoms in total. The number of aryl methyl sites for hydroxylation is 1. The molecular weight excluding hydrogens is 376 g/mol. The third-order valence-corrected chi connectivity index (χ3v) is 6.51. The van der Waals surface area contributed by atoms with E-state index in [-0.39, 0.29) is 11.0 Å². The number of carbonyl (C=O) groups excluding carboxylic acids is 1. The molecule has 0 amide bonds. The zero-order valence-corrected chi connectivity index (χ0v) is 17.0. The van der Waals surface area contributed by atoms with Crippen molar-refractivity contribution >= 4 is 39.8 Å². The van der Waals surface area contributed by atoms with Crippen LogP contribution in [0, 0.1) is 6.92 Å². The minimum absolute atomic E-state index is 0.110. The van der Waals surface area contributed by atoms with E-state index >= 15 is 0 Å². The van der Waals surface area contributed by atoms with Crippen LogP contribution in [0.15, 0.2) is 46.9 Å². The number of aromatic nitrogens is 4. The van der Waals surface area contributed by atoms with Crippen molar-refractivity contribution in [3.63, 3.8) is 0 Å². The molecule has 7 heteroatoms. The minimum atomic E-state index is -0.256. The fourth-order valence-corrected chi connectivity index (χ4v) is 4.95. The molecular formula is C20H20N4OS2. The normalized spacial score (nSPS) is 12.6. The van der Waals surface area contributed by atoms with Gasteiger partial charge in [0.25, 0.3) is 0 Å². The number of thioether (sulfide) groups is 1. The number of hydrogen-bond acceptors (Lipinski definition) is 5. The molecule has 1 aromatic carbocycles. The van der Waals surface area contributed by atoms with E-state index in [1.54, 1.807) is 11.3 Å². The molecule has 3 aromatic heterocycles. The largest absolute Gasteiger partial charge is 0.358 e. The number of fused-ring (bicyclic) bond motifs is 1. The number of rotatable bonds is 6.